The first kappa shape index (κ1) is 15.3. The molecule has 1 aromatic heterocycles. The maximum Gasteiger partial charge on any atom is 0.137 e. The average Bonchev–Trinajstić information content (AvgIpc) is 2.46. The van der Waals surface area contributed by atoms with Crippen LogP contribution < -0.4 is 10.1 Å². The summed E-state index contributed by atoms with van der Waals surface area (Å²) in [6.07, 6.45) is 9.38. The van der Waals surface area contributed by atoms with Gasteiger partial charge in [-0.15, -0.1) is 0 Å². The molecule has 0 amide bonds. The normalized spacial score (nSPS) is 18.4. The summed E-state index contributed by atoms with van der Waals surface area (Å²) in [6.45, 7) is 3.19. The molecule has 20 heavy (non-hydrogen) atoms. The Bertz CT molecular complexity index is 413. The van der Waals surface area contributed by atoms with Gasteiger partial charge in [-0.1, -0.05) is 6.92 Å². The fraction of sp³-hybridized carbons (Fsp3) is 0.688. The van der Waals surface area contributed by atoms with Crippen LogP contribution in [0.25, 0.3) is 0 Å². The van der Waals surface area contributed by atoms with Crippen LogP contribution in [0.5, 0.6) is 5.75 Å². The average molecular weight is 278 g/mol. The Kier molecular flexibility index (Phi) is 5.38. The number of ether oxygens (including phenoxy) is 2. The second-order valence-electron chi connectivity index (χ2n) is 5.61. The lowest BCUT2D eigenvalue weighted by Crippen LogP contribution is -2.43. The van der Waals surface area contributed by atoms with Gasteiger partial charge in [0.15, 0.2) is 0 Å². The largest absolute Gasteiger partial charge is 0.495 e. The maximum absolute atomic E-state index is 5.77. The van der Waals surface area contributed by atoms with Crippen LogP contribution in [0.3, 0.4) is 0 Å². The predicted molar refractivity (Wildman–Crippen MR) is 80.0 cm³/mol. The van der Waals surface area contributed by atoms with Crippen molar-refractivity contribution in [2.75, 3.05) is 20.8 Å². The van der Waals surface area contributed by atoms with Crippen LogP contribution in [0, 0.1) is 0 Å². The van der Waals surface area contributed by atoms with E-state index in [0.29, 0.717) is 0 Å². The molecule has 0 aliphatic heterocycles. The lowest BCUT2D eigenvalue weighted by molar-refractivity contribution is -0.0838. The third-order valence-corrected chi connectivity index (χ3v) is 4.29. The van der Waals surface area contributed by atoms with E-state index in [1.54, 1.807) is 13.3 Å². The van der Waals surface area contributed by atoms with E-state index in [4.69, 9.17) is 9.47 Å². The second-order valence-corrected chi connectivity index (χ2v) is 5.61. The number of nitrogens with one attached hydrogen (secondary N) is 1. The summed E-state index contributed by atoms with van der Waals surface area (Å²) in [5.74, 6) is 0.811. The fourth-order valence-corrected chi connectivity index (χ4v) is 2.80. The predicted octanol–water partition coefficient (Wildman–Crippen LogP) is 3.09. The SMILES string of the molecule is CCCNC(CC1(OC)CCC1)c1cncc(OC)c1. The van der Waals surface area contributed by atoms with Gasteiger partial charge in [0.1, 0.15) is 5.75 Å². The number of rotatable bonds is 8. The molecule has 0 saturated heterocycles. The highest BCUT2D eigenvalue weighted by Gasteiger charge is 2.39. The molecule has 0 radical (unpaired) electrons. The second kappa shape index (κ2) is 7.04. The molecule has 4 nitrogen and oxygen atoms in total. The summed E-state index contributed by atoms with van der Waals surface area (Å²) in [5.41, 5.74) is 1.23. The zero-order valence-electron chi connectivity index (χ0n) is 12.8. The molecular formula is C16H26N2O2. The Morgan fingerprint density at radius 3 is 2.70 bits per heavy atom. The zero-order chi connectivity index (χ0) is 14.4. The first-order valence-corrected chi connectivity index (χ1v) is 7.50. The van der Waals surface area contributed by atoms with E-state index in [1.807, 2.05) is 13.3 Å². The number of methoxy groups -OCH3 is 2. The molecule has 2 rings (SSSR count). The van der Waals surface area contributed by atoms with Gasteiger partial charge in [-0.3, -0.25) is 4.98 Å². The topological polar surface area (TPSA) is 43.4 Å². The minimum atomic E-state index is 0.0501. The maximum atomic E-state index is 5.77. The quantitative estimate of drug-likeness (QED) is 0.793. The van der Waals surface area contributed by atoms with E-state index in [2.05, 4.69) is 23.3 Å². The first-order chi connectivity index (χ1) is 9.73. The number of hydrogen-bond donors (Lipinski definition) is 1. The van der Waals surface area contributed by atoms with Crippen LogP contribution in [0.2, 0.25) is 0 Å². The van der Waals surface area contributed by atoms with Gasteiger partial charge in [0.2, 0.25) is 0 Å². The van der Waals surface area contributed by atoms with Crippen molar-refractivity contribution in [1.29, 1.82) is 0 Å². The molecule has 0 spiro atoms. The Labute approximate surface area is 121 Å². The Balaban J connectivity index is 2.13. The van der Waals surface area contributed by atoms with Crippen LogP contribution in [-0.2, 0) is 4.74 Å². The fourth-order valence-electron chi connectivity index (χ4n) is 2.80. The van der Waals surface area contributed by atoms with Crippen molar-refractivity contribution >= 4 is 0 Å². The zero-order valence-corrected chi connectivity index (χ0v) is 12.8. The Morgan fingerprint density at radius 2 is 2.15 bits per heavy atom. The van der Waals surface area contributed by atoms with E-state index >= 15 is 0 Å². The highest BCUT2D eigenvalue weighted by molar-refractivity contribution is 5.26. The van der Waals surface area contributed by atoms with Crippen molar-refractivity contribution in [2.45, 2.75) is 50.7 Å². The van der Waals surface area contributed by atoms with Gasteiger partial charge in [-0.25, -0.2) is 0 Å². The standard InChI is InChI=1S/C16H26N2O2/c1-4-8-18-15(10-16(20-3)6-5-7-16)13-9-14(19-2)12-17-11-13/h9,11-12,15,18H,4-8,10H2,1-3H3. The van der Waals surface area contributed by atoms with Gasteiger partial charge < -0.3 is 14.8 Å². The summed E-state index contributed by atoms with van der Waals surface area (Å²) in [4.78, 5) is 4.28. The van der Waals surface area contributed by atoms with Crippen LogP contribution in [0.4, 0.5) is 0 Å². The van der Waals surface area contributed by atoms with Crippen LogP contribution >= 0.6 is 0 Å². The van der Waals surface area contributed by atoms with Crippen LogP contribution in [0.15, 0.2) is 18.5 Å². The molecule has 1 atom stereocenters. The van der Waals surface area contributed by atoms with Gasteiger partial charge in [0.05, 0.1) is 18.9 Å². The minimum absolute atomic E-state index is 0.0501. The van der Waals surface area contributed by atoms with Crippen molar-refractivity contribution < 1.29 is 9.47 Å². The molecule has 1 heterocycles. The summed E-state index contributed by atoms with van der Waals surface area (Å²) in [5, 5.41) is 3.62. The lowest BCUT2D eigenvalue weighted by Gasteiger charge is -2.43. The Morgan fingerprint density at radius 1 is 1.35 bits per heavy atom. The van der Waals surface area contributed by atoms with E-state index in [0.717, 1.165) is 38.0 Å². The first-order valence-electron chi connectivity index (χ1n) is 7.50. The summed E-state index contributed by atoms with van der Waals surface area (Å²) < 4.78 is 11.1. The van der Waals surface area contributed by atoms with E-state index in [1.165, 1.54) is 12.0 Å². The van der Waals surface area contributed by atoms with Gasteiger partial charge in [-0.05, 0) is 50.3 Å². The molecule has 1 aromatic rings. The summed E-state index contributed by atoms with van der Waals surface area (Å²) >= 11 is 0. The highest BCUT2D eigenvalue weighted by Crippen LogP contribution is 2.42. The number of hydrogen-bond acceptors (Lipinski definition) is 4. The lowest BCUT2D eigenvalue weighted by atomic mass is 9.75. The molecule has 1 aliphatic rings. The number of nitrogens with zero attached hydrogens (tertiary/aromatic N) is 1. The molecular weight excluding hydrogens is 252 g/mol. The minimum Gasteiger partial charge on any atom is -0.495 e. The smallest absolute Gasteiger partial charge is 0.137 e. The monoisotopic (exact) mass is 278 g/mol. The Hall–Kier alpha value is -1.13. The molecule has 112 valence electrons. The molecule has 0 bridgehead atoms. The third-order valence-electron chi connectivity index (χ3n) is 4.29. The van der Waals surface area contributed by atoms with E-state index in [9.17, 15) is 0 Å². The number of pyridine rings is 1. The van der Waals surface area contributed by atoms with Crippen molar-refractivity contribution in [2.24, 2.45) is 0 Å². The van der Waals surface area contributed by atoms with Crippen molar-refractivity contribution in [3.63, 3.8) is 0 Å². The van der Waals surface area contributed by atoms with Crippen LogP contribution in [-0.4, -0.2) is 31.3 Å². The van der Waals surface area contributed by atoms with Gasteiger partial charge >= 0.3 is 0 Å². The summed E-state index contributed by atoms with van der Waals surface area (Å²) in [6, 6.07) is 2.35. The molecule has 1 saturated carbocycles. The molecule has 1 unspecified atom stereocenters. The van der Waals surface area contributed by atoms with Crippen molar-refractivity contribution in [1.82, 2.24) is 10.3 Å². The molecule has 1 aliphatic carbocycles. The van der Waals surface area contributed by atoms with E-state index in [-0.39, 0.29) is 11.6 Å². The molecule has 1 N–H and O–H groups in total. The van der Waals surface area contributed by atoms with Crippen molar-refractivity contribution in [3.05, 3.63) is 24.0 Å². The van der Waals surface area contributed by atoms with Gasteiger partial charge in [0, 0.05) is 19.3 Å². The highest BCUT2D eigenvalue weighted by atomic mass is 16.5. The van der Waals surface area contributed by atoms with Crippen LogP contribution in [0.1, 0.15) is 50.6 Å². The molecule has 1 fully saturated rings. The number of aromatic nitrogens is 1. The molecule has 0 aromatic carbocycles. The third kappa shape index (κ3) is 3.49. The van der Waals surface area contributed by atoms with Gasteiger partial charge in [-0.2, -0.15) is 0 Å². The van der Waals surface area contributed by atoms with E-state index < -0.39 is 0 Å². The van der Waals surface area contributed by atoms with Gasteiger partial charge in [0.25, 0.3) is 0 Å². The summed E-state index contributed by atoms with van der Waals surface area (Å²) in [7, 11) is 3.51. The van der Waals surface area contributed by atoms with Crippen molar-refractivity contribution in [3.8, 4) is 5.75 Å². The molecule has 4 heteroatoms.